The number of H-pyrrole nitrogens is 1. The van der Waals surface area contributed by atoms with Crippen molar-refractivity contribution in [3.63, 3.8) is 0 Å². The summed E-state index contributed by atoms with van der Waals surface area (Å²) in [6.45, 7) is 0.620. The van der Waals surface area contributed by atoms with Gasteiger partial charge < -0.3 is 14.5 Å². The maximum Gasteiger partial charge on any atom is 0.154 e. The predicted octanol–water partition coefficient (Wildman–Crippen LogP) is 3.08. The average Bonchev–Trinajstić information content (AvgIpc) is 3.24. The third-order valence-corrected chi connectivity index (χ3v) is 4.14. The number of nitrogens with one attached hydrogen (secondary N) is 1. The average molecular weight is 322 g/mol. The monoisotopic (exact) mass is 322 g/mol. The van der Waals surface area contributed by atoms with E-state index in [0.717, 1.165) is 45.9 Å². The van der Waals surface area contributed by atoms with Crippen LogP contribution in [-0.4, -0.2) is 40.2 Å². The first-order valence-corrected chi connectivity index (χ1v) is 7.78. The molecule has 4 rings (SSSR count). The van der Waals surface area contributed by atoms with Gasteiger partial charge >= 0.3 is 0 Å². The molecule has 0 radical (unpaired) electrons. The Morgan fingerprint density at radius 1 is 1.08 bits per heavy atom. The predicted molar refractivity (Wildman–Crippen MR) is 92.4 cm³/mol. The second-order valence-electron chi connectivity index (χ2n) is 5.54. The molecular weight excluding hydrogens is 304 g/mol. The first-order chi connectivity index (χ1) is 11.8. The third-order valence-electron chi connectivity index (χ3n) is 4.14. The van der Waals surface area contributed by atoms with Crippen LogP contribution in [-0.2, 0) is 11.2 Å². The number of ether oxygens (including phenoxy) is 2. The van der Waals surface area contributed by atoms with Crippen LogP contribution < -0.4 is 4.74 Å². The Labute approximate surface area is 139 Å². The van der Waals surface area contributed by atoms with Crippen molar-refractivity contribution in [3.05, 3.63) is 48.5 Å². The maximum absolute atomic E-state index is 5.24. The zero-order valence-electron chi connectivity index (χ0n) is 13.6. The van der Waals surface area contributed by atoms with Crippen molar-refractivity contribution in [3.8, 4) is 17.0 Å². The van der Waals surface area contributed by atoms with E-state index in [1.807, 2.05) is 42.7 Å². The van der Waals surface area contributed by atoms with Crippen LogP contribution in [0.4, 0.5) is 0 Å². The number of nitrogens with zero attached hydrogens (tertiary/aromatic N) is 3. The molecule has 1 N–H and O–H groups in total. The van der Waals surface area contributed by atoms with E-state index in [4.69, 9.17) is 14.5 Å². The van der Waals surface area contributed by atoms with Crippen LogP contribution in [0, 0.1) is 0 Å². The van der Waals surface area contributed by atoms with E-state index in [0.29, 0.717) is 6.61 Å². The summed E-state index contributed by atoms with van der Waals surface area (Å²) in [6, 6.07) is 9.94. The van der Waals surface area contributed by atoms with Crippen molar-refractivity contribution in [2.45, 2.75) is 6.42 Å². The Balaban J connectivity index is 1.94. The molecule has 0 saturated heterocycles. The van der Waals surface area contributed by atoms with Crippen molar-refractivity contribution in [1.82, 2.24) is 19.4 Å². The van der Waals surface area contributed by atoms with Gasteiger partial charge in [0.25, 0.3) is 0 Å². The van der Waals surface area contributed by atoms with E-state index in [1.165, 1.54) is 0 Å². The number of methoxy groups -OCH3 is 2. The summed E-state index contributed by atoms with van der Waals surface area (Å²) >= 11 is 0. The Morgan fingerprint density at radius 3 is 2.67 bits per heavy atom. The molecule has 0 spiro atoms. The van der Waals surface area contributed by atoms with Gasteiger partial charge in [-0.1, -0.05) is 0 Å². The summed E-state index contributed by atoms with van der Waals surface area (Å²) in [5, 5.41) is 0. The van der Waals surface area contributed by atoms with Crippen LogP contribution >= 0.6 is 0 Å². The van der Waals surface area contributed by atoms with Crippen molar-refractivity contribution in [1.29, 1.82) is 0 Å². The fraction of sp³-hybridized carbons (Fsp3) is 0.222. The quantitative estimate of drug-likeness (QED) is 0.613. The van der Waals surface area contributed by atoms with Crippen LogP contribution in [0.5, 0.6) is 5.75 Å². The number of benzene rings is 1. The molecule has 0 aliphatic rings. The summed E-state index contributed by atoms with van der Waals surface area (Å²) in [7, 11) is 3.37. The lowest BCUT2D eigenvalue weighted by atomic mass is 10.1. The highest BCUT2D eigenvalue weighted by molar-refractivity contribution is 5.84. The van der Waals surface area contributed by atoms with Gasteiger partial charge in [-0.15, -0.1) is 0 Å². The van der Waals surface area contributed by atoms with Gasteiger partial charge in [-0.05, 0) is 30.3 Å². The normalized spacial score (nSPS) is 11.4. The van der Waals surface area contributed by atoms with Gasteiger partial charge in [0.1, 0.15) is 11.6 Å². The van der Waals surface area contributed by atoms with E-state index in [-0.39, 0.29) is 0 Å². The first-order valence-electron chi connectivity index (χ1n) is 7.78. The lowest BCUT2D eigenvalue weighted by molar-refractivity contribution is 0.200. The second-order valence-corrected chi connectivity index (χ2v) is 5.54. The fourth-order valence-electron chi connectivity index (χ4n) is 2.95. The molecular formula is C18H18N4O2. The number of aromatic amines is 1. The molecule has 0 bridgehead atoms. The number of hydrogen-bond donors (Lipinski definition) is 1. The second kappa shape index (κ2) is 5.98. The molecule has 1 aromatic carbocycles. The maximum atomic E-state index is 5.24. The number of imidazole rings is 1. The summed E-state index contributed by atoms with van der Waals surface area (Å²) < 4.78 is 12.6. The zero-order valence-corrected chi connectivity index (χ0v) is 13.6. The minimum atomic E-state index is 0.620. The van der Waals surface area contributed by atoms with Gasteiger partial charge in [-0.25, -0.2) is 9.97 Å². The van der Waals surface area contributed by atoms with E-state index >= 15 is 0 Å². The molecule has 24 heavy (non-hydrogen) atoms. The van der Waals surface area contributed by atoms with Gasteiger partial charge in [-0.3, -0.25) is 4.40 Å². The molecule has 0 amide bonds. The van der Waals surface area contributed by atoms with Crippen LogP contribution in [0.3, 0.4) is 0 Å². The van der Waals surface area contributed by atoms with E-state index in [9.17, 15) is 0 Å². The Morgan fingerprint density at radius 2 is 1.92 bits per heavy atom. The van der Waals surface area contributed by atoms with E-state index in [1.54, 1.807) is 14.2 Å². The van der Waals surface area contributed by atoms with Gasteiger partial charge in [-0.2, -0.15) is 0 Å². The van der Waals surface area contributed by atoms with Crippen LogP contribution in [0.2, 0.25) is 0 Å². The van der Waals surface area contributed by atoms with Crippen molar-refractivity contribution in [2.75, 3.05) is 20.8 Å². The Hall–Kier alpha value is -2.86. The van der Waals surface area contributed by atoms with Crippen LogP contribution in [0.1, 0.15) is 5.82 Å². The number of fused-ring (bicyclic) bond motifs is 3. The zero-order chi connectivity index (χ0) is 16.5. The SMILES string of the molecule is COCCc1nc(-c2ccc(OC)cc2)c2cnc3[nH]ccc3n12. The lowest BCUT2D eigenvalue weighted by Gasteiger charge is -2.03. The minimum absolute atomic E-state index is 0.620. The number of rotatable bonds is 5. The molecule has 0 saturated carbocycles. The minimum Gasteiger partial charge on any atom is -0.497 e. The highest BCUT2D eigenvalue weighted by Gasteiger charge is 2.16. The topological polar surface area (TPSA) is 64.4 Å². The molecule has 0 atom stereocenters. The number of aromatic nitrogens is 4. The molecule has 0 unspecified atom stereocenters. The lowest BCUT2D eigenvalue weighted by Crippen LogP contribution is -2.01. The van der Waals surface area contributed by atoms with Crippen LogP contribution in [0.25, 0.3) is 27.9 Å². The highest BCUT2D eigenvalue weighted by Crippen LogP contribution is 2.28. The molecule has 0 aliphatic carbocycles. The largest absolute Gasteiger partial charge is 0.497 e. The summed E-state index contributed by atoms with van der Waals surface area (Å²) in [4.78, 5) is 12.5. The molecule has 0 fully saturated rings. The van der Waals surface area contributed by atoms with Crippen molar-refractivity contribution in [2.24, 2.45) is 0 Å². The third kappa shape index (κ3) is 2.32. The summed E-state index contributed by atoms with van der Waals surface area (Å²) in [6.07, 6.45) is 4.49. The molecule has 6 heteroatoms. The molecule has 6 nitrogen and oxygen atoms in total. The van der Waals surface area contributed by atoms with Crippen molar-refractivity contribution < 1.29 is 9.47 Å². The van der Waals surface area contributed by atoms with Gasteiger partial charge in [0, 0.05) is 25.3 Å². The highest BCUT2D eigenvalue weighted by atomic mass is 16.5. The Kier molecular flexibility index (Phi) is 3.66. The van der Waals surface area contributed by atoms with Gasteiger partial charge in [0.05, 0.1) is 36.6 Å². The van der Waals surface area contributed by atoms with E-state index in [2.05, 4.69) is 14.4 Å². The summed E-state index contributed by atoms with van der Waals surface area (Å²) in [5.41, 5.74) is 4.80. The van der Waals surface area contributed by atoms with Gasteiger partial charge in [0.2, 0.25) is 0 Å². The first kappa shape index (κ1) is 14.7. The standard InChI is InChI=1S/C18H18N4O2/c1-23-10-8-16-21-17(12-3-5-13(24-2)6-4-12)15-11-20-18-14(22(15)16)7-9-19-18/h3-7,9,11,19H,8,10H2,1-2H3. The Bertz CT molecular complexity index is 986. The fourth-order valence-corrected chi connectivity index (χ4v) is 2.95. The molecule has 0 aliphatic heterocycles. The molecule has 122 valence electrons. The van der Waals surface area contributed by atoms with E-state index < -0.39 is 0 Å². The summed E-state index contributed by atoms with van der Waals surface area (Å²) in [5.74, 6) is 1.79. The molecule has 3 aromatic heterocycles. The van der Waals surface area contributed by atoms with Crippen molar-refractivity contribution >= 4 is 16.7 Å². The molecule has 3 heterocycles. The van der Waals surface area contributed by atoms with Crippen LogP contribution in [0.15, 0.2) is 42.7 Å². The number of hydrogen-bond acceptors (Lipinski definition) is 4. The molecule has 4 aromatic rings. The van der Waals surface area contributed by atoms with Gasteiger partial charge in [0.15, 0.2) is 5.65 Å². The smallest absolute Gasteiger partial charge is 0.154 e.